The second kappa shape index (κ2) is 9.06. The molecule has 0 spiro atoms. The number of methoxy groups -OCH3 is 1. The molecule has 1 N–H and O–H groups in total. The van der Waals surface area contributed by atoms with Gasteiger partial charge in [0.25, 0.3) is 0 Å². The van der Waals surface area contributed by atoms with Crippen LogP contribution in [0, 0.1) is 13.8 Å². The summed E-state index contributed by atoms with van der Waals surface area (Å²) in [7, 11) is 1.74. The van der Waals surface area contributed by atoms with Crippen LogP contribution in [0.4, 0.5) is 0 Å². The minimum Gasteiger partial charge on any atom is -0.496 e. The standard InChI is InChI=1S/C18H32N2O/c1-7-19-17(10-11-20(8-2)9-3)16-12-15(5)18(21-6)13-14(16)4/h12-13,17,19H,7-11H2,1-6H3. The Hall–Kier alpha value is -1.06. The molecule has 1 rings (SSSR count). The molecule has 0 aromatic heterocycles. The lowest BCUT2D eigenvalue weighted by Crippen LogP contribution is -2.29. The number of benzene rings is 1. The van der Waals surface area contributed by atoms with Crippen LogP contribution < -0.4 is 10.1 Å². The van der Waals surface area contributed by atoms with Crippen LogP contribution in [0.15, 0.2) is 12.1 Å². The summed E-state index contributed by atoms with van der Waals surface area (Å²) in [6.07, 6.45) is 1.14. The Morgan fingerprint density at radius 2 is 1.76 bits per heavy atom. The second-order valence-electron chi connectivity index (χ2n) is 5.60. The first kappa shape index (κ1) is 18.0. The van der Waals surface area contributed by atoms with E-state index in [4.69, 9.17) is 4.74 Å². The molecule has 1 atom stereocenters. The number of hydrogen-bond acceptors (Lipinski definition) is 3. The molecular formula is C18H32N2O. The van der Waals surface area contributed by atoms with E-state index in [0.29, 0.717) is 6.04 Å². The summed E-state index contributed by atoms with van der Waals surface area (Å²) < 4.78 is 5.42. The average molecular weight is 292 g/mol. The van der Waals surface area contributed by atoms with Crippen molar-refractivity contribution >= 4 is 0 Å². The largest absolute Gasteiger partial charge is 0.496 e. The van der Waals surface area contributed by atoms with Crippen LogP contribution in [0.3, 0.4) is 0 Å². The molecule has 1 unspecified atom stereocenters. The van der Waals surface area contributed by atoms with E-state index in [1.807, 2.05) is 0 Å². The van der Waals surface area contributed by atoms with Crippen molar-refractivity contribution in [1.82, 2.24) is 10.2 Å². The first-order chi connectivity index (χ1) is 10.1. The molecule has 0 saturated heterocycles. The zero-order chi connectivity index (χ0) is 15.8. The molecule has 0 bridgehead atoms. The molecule has 0 fully saturated rings. The van der Waals surface area contributed by atoms with Gasteiger partial charge in [0.05, 0.1) is 7.11 Å². The summed E-state index contributed by atoms with van der Waals surface area (Å²) in [5.74, 6) is 0.982. The highest BCUT2D eigenvalue weighted by Gasteiger charge is 2.16. The highest BCUT2D eigenvalue weighted by molar-refractivity contribution is 5.42. The van der Waals surface area contributed by atoms with Gasteiger partial charge in [0.15, 0.2) is 0 Å². The van der Waals surface area contributed by atoms with Gasteiger partial charge < -0.3 is 15.0 Å². The molecule has 1 aromatic carbocycles. The van der Waals surface area contributed by atoms with Gasteiger partial charge in [-0.15, -0.1) is 0 Å². The average Bonchev–Trinajstić information content (AvgIpc) is 2.49. The summed E-state index contributed by atoms with van der Waals surface area (Å²) in [5, 5.41) is 3.64. The van der Waals surface area contributed by atoms with E-state index in [0.717, 1.165) is 38.3 Å². The van der Waals surface area contributed by atoms with Crippen molar-refractivity contribution in [3.8, 4) is 5.75 Å². The zero-order valence-electron chi connectivity index (χ0n) is 14.6. The van der Waals surface area contributed by atoms with Crippen molar-refractivity contribution in [3.05, 3.63) is 28.8 Å². The SMILES string of the molecule is CCNC(CCN(CC)CC)c1cc(C)c(OC)cc1C. The number of nitrogens with zero attached hydrogens (tertiary/aromatic N) is 1. The summed E-state index contributed by atoms with van der Waals surface area (Å²) in [6, 6.07) is 4.86. The van der Waals surface area contributed by atoms with Crippen LogP contribution >= 0.6 is 0 Å². The fourth-order valence-electron chi connectivity index (χ4n) is 2.87. The Labute approximate surface area is 130 Å². The maximum atomic E-state index is 5.42. The Morgan fingerprint density at radius 1 is 1.10 bits per heavy atom. The van der Waals surface area contributed by atoms with Crippen LogP contribution in [0.25, 0.3) is 0 Å². The summed E-state index contributed by atoms with van der Waals surface area (Å²) in [4.78, 5) is 2.48. The van der Waals surface area contributed by atoms with Crippen LogP contribution in [-0.2, 0) is 0 Å². The van der Waals surface area contributed by atoms with Gasteiger partial charge in [0, 0.05) is 6.04 Å². The lowest BCUT2D eigenvalue weighted by atomic mass is 9.95. The maximum absolute atomic E-state index is 5.42. The third kappa shape index (κ3) is 5.01. The summed E-state index contributed by atoms with van der Waals surface area (Å²) in [6.45, 7) is 15.3. The number of ether oxygens (including phenoxy) is 1. The molecule has 0 aliphatic heterocycles. The third-order valence-electron chi connectivity index (χ3n) is 4.24. The smallest absolute Gasteiger partial charge is 0.122 e. The molecule has 0 heterocycles. The molecule has 0 aliphatic carbocycles. The van der Waals surface area contributed by atoms with Crippen LogP contribution in [0.1, 0.15) is 49.9 Å². The first-order valence-corrected chi connectivity index (χ1v) is 8.18. The first-order valence-electron chi connectivity index (χ1n) is 8.18. The van der Waals surface area contributed by atoms with Crippen LogP contribution in [-0.4, -0.2) is 38.2 Å². The number of aryl methyl sites for hydroxylation is 2. The van der Waals surface area contributed by atoms with E-state index in [-0.39, 0.29) is 0 Å². The van der Waals surface area contributed by atoms with Crippen LogP contribution in [0.5, 0.6) is 5.75 Å². The van der Waals surface area contributed by atoms with Gasteiger partial charge in [0.1, 0.15) is 5.75 Å². The normalized spacial score (nSPS) is 12.7. The van der Waals surface area contributed by atoms with Crippen molar-refractivity contribution in [2.75, 3.05) is 33.3 Å². The van der Waals surface area contributed by atoms with E-state index in [1.165, 1.54) is 16.7 Å². The molecule has 0 saturated carbocycles. The molecule has 120 valence electrons. The molecule has 21 heavy (non-hydrogen) atoms. The molecule has 0 aliphatic rings. The van der Waals surface area contributed by atoms with E-state index in [1.54, 1.807) is 7.11 Å². The van der Waals surface area contributed by atoms with Crippen molar-refractivity contribution < 1.29 is 4.74 Å². The van der Waals surface area contributed by atoms with Crippen molar-refractivity contribution in [1.29, 1.82) is 0 Å². The minimum atomic E-state index is 0.417. The second-order valence-corrected chi connectivity index (χ2v) is 5.60. The van der Waals surface area contributed by atoms with Gasteiger partial charge in [0.2, 0.25) is 0 Å². The quantitative estimate of drug-likeness (QED) is 0.751. The Morgan fingerprint density at radius 3 is 2.29 bits per heavy atom. The highest BCUT2D eigenvalue weighted by atomic mass is 16.5. The number of rotatable bonds is 9. The van der Waals surface area contributed by atoms with E-state index < -0.39 is 0 Å². The molecule has 0 radical (unpaired) electrons. The van der Waals surface area contributed by atoms with Gasteiger partial charge in [-0.1, -0.05) is 26.8 Å². The van der Waals surface area contributed by atoms with Crippen molar-refractivity contribution in [3.63, 3.8) is 0 Å². The van der Waals surface area contributed by atoms with Gasteiger partial charge in [-0.3, -0.25) is 0 Å². The zero-order valence-corrected chi connectivity index (χ0v) is 14.6. The Bertz CT molecular complexity index is 427. The lowest BCUT2D eigenvalue weighted by Gasteiger charge is -2.25. The van der Waals surface area contributed by atoms with Crippen molar-refractivity contribution in [2.45, 2.75) is 47.1 Å². The highest BCUT2D eigenvalue weighted by Crippen LogP contribution is 2.28. The monoisotopic (exact) mass is 292 g/mol. The van der Waals surface area contributed by atoms with Crippen LogP contribution in [0.2, 0.25) is 0 Å². The summed E-state index contributed by atoms with van der Waals surface area (Å²) >= 11 is 0. The van der Waals surface area contributed by atoms with E-state index >= 15 is 0 Å². The lowest BCUT2D eigenvalue weighted by molar-refractivity contribution is 0.282. The van der Waals surface area contributed by atoms with Crippen molar-refractivity contribution in [2.24, 2.45) is 0 Å². The summed E-state index contributed by atoms with van der Waals surface area (Å²) in [5.41, 5.74) is 3.93. The fourth-order valence-corrected chi connectivity index (χ4v) is 2.87. The number of nitrogens with one attached hydrogen (secondary N) is 1. The minimum absolute atomic E-state index is 0.417. The molecule has 1 aromatic rings. The fraction of sp³-hybridized carbons (Fsp3) is 0.667. The van der Waals surface area contributed by atoms with Gasteiger partial charge >= 0.3 is 0 Å². The Kier molecular flexibility index (Phi) is 7.76. The molecule has 3 nitrogen and oxygen atoms in total. The predicted octanol–water partition coefficient (Wildman–Crippen LogP) is 3.69. The van der Waals surface area contributed by atoms with Gasteiger partial charge in [-0.2, -0.15) is 0 Å². The predicted molar refractivity (Wildman–Crippen MR) is 91.3 cm³/mol. The van der Waals surface area contributed by atoms with Gasteiger partial charge in [-0.05, 0) is 69.2 Å². The third-order valence-corrected chi connectivity index (χ3v) is 4.24. The molecule has 0 amide bonds. The van der Waals surface area contributed by atoms with E-state index in [2.05, 4.69) is 57.0 Å². The maximum Gasteiger partial charge on any atom is 0.122 e. The topological polar surface area (TPSA) is 24.5 Å². The number of hydrogen-bond donors (Lipinski definition) is 1. The van der Waals surface area contributed by atoms with Gasteiger partial charge in [-0.25, -0.2) is 0 Å². The molecular weight excluding hydrogens is 260 g/mol. The Balaban J connectivity index is 2.92. The molecule has 3 heteroatoms. The van der Waals surface area contributed by atoms with E-state index in [9.17, 15) is 0 Å².